The molecule has 1 aromatic heterocycles. The summed E-state index contributed by atoms with van der Waals surface area (Å²) in [5.41, 5.74) is 2.64. The largest absolute Gasteiger partial charge is 0.467 e. The number of methoxy groups -OCH3 is 1. The molecular formula is C22H23N3O5. The molecule has 0 aliphatic carbocycles. The highest BCUT2D eigenvalue weighted by molar-refractivity contribution is 5.88. The smallest absolute Gasteiger partial charge is 0.407 e. The van der Waals surface area contributed by atoms with Gasteiger partial charge in [-0.1, -0.05) is 48.5 Å². The Morgan fingerprint density at radius 1 is 1.03 bits per heavy atom. The zero-order valence-electron chi connectivity index (χ0n) is 16.5. The first-order valence-electron chi connectivity index (χ1n) is 9.43. The van der Waals surface area contributed by atoms with Gasteiger partial charge in [-0.05, 0) is 17.2 Å². The van der Waals surface area contributed by atoms with Crippen LogP contribution in [0.2, 0.25) is 0 Å². The standard InChI is InChI=1S/C22H23N3O5/c1-29-21(27)19(11-16-12-23-18-10-6-5-9-17(16)18)25-20(26)13-24-22(28)30-14-15-7-3-2-4-8-15/h2-10,12,19,23H,11,13-14H2,1H3,(H,24,28)(H,25,26)/t19-/m0/s1. The minimum atomic E-state index is -0.885. The van der Waals surface area contributed by atoms with Crippen molar-refractivity contribution in [2.75, 3.05) is 13.7 Å². The second-order valence-electron chi connectivity index (χ2n) is 6.62. The van der Waals surface area contributed by atoms with Crippen molar-refractivity contribution < 1.29 is 23.9 Å². The molecule has 0 unspecified atom stereocenters. The average Bonchev–Trinajstić information content (AvgIpc) is 3.19. The van der Waals surface area contributed by atoms with E-state index in [-0.39, 0.29) is 19.6 Å². The van der Waals surface area contributed by atoms with Gasteiger partial charge in [-0.15, -0.1) is 0 Å². The number of carbonyl (C=O) groups excluding carboxylic acids is 3. The van der Waals surface area contributed by atoms with E-state index in [1.165, 1.54) is 7.11 Å². The number of hydrogen-bond acceptors (Lipinski definition) is 5. The molecule has 1 heterocycles. The average molecular weight is 409 g/mol. The van der Waals surface area contributed by atoms with Crippen LogP contribution < -0.4 is 10.6 Å². The summed E-state index contributed by atoms with van der Waals surface area (Å²) in [6.07, 6.45) is 1.33. The van der Waals surface area contributed by atoms with Crippen molar-refractivity contribution in [3.05, 3.63) is 71.9 Å². The Hall–Kier alpha value is -3.81. The minimum absolute atomic E-state index is 0.0969. The lowest BCUT2D eigenvalue weighted by atomic mass is 10.0. The van der Waals surface area contributed by atoms with Gasteiger partial charge in [0, 0.05) is 23.5 Å². The van der Waals surface area contributed by atoms with E-state index < -0.39 is 24.0 Å². The topological polar surface area (TPSA) is 110 Å². The Balaban J connectivity index is 1.52. The number of fused-ring (bicyclic) bond motifs is 1. The van der Waals surface area contributed by atoms with Gasteiger partial charge in [0.2, 0.25) is 5.91 Å². The van der Waals surface area contributed by atoms with Crippen molar-refractivity contribution in [2.45, 2.75) is 19.1 Å². The van der Waals surface area contributed by atoms with Gasteiger partial charge in [0.15, 0.2) is 0 Å². The van der Waals surface area contributed by atoms with Crippen LogP contribution in [0.3, 0.4) is 0 Å². The normalized spacial score (nSPS) is 11.5. The molecule has 0 aliphatic rings. The maximum Gasteiger partial charge on any atom is 0.407 e. The van der Waals surface area contributed by atoms with Crippen LogP contribution in [-0.2, 0) is 32.1 Å². The van der Waals surface area contributed by atoms with E-state index in [0.29, 0.717) is 0 Å². The summed E-state index contributed by atoms with van der Waals surface area (Å²) in [6.45, 7) is -0.228. The van der Waals surface area contributed by atoms with Crippen LogP contribution in [-0.4, -0.2) is 42.7 Å². The number of ether oxygens (including phenoxy) is 2. The lowest BCUT2D eigenvalue weighted by Gasteiger charge is -2.16. The molecule has 0 bridgehead atoms. The summed E-state index contributed by atoms with van der Waals surface area (Å²) in [6, 6.07) is 16.0. The van der Waals surface area contributed by atoms with Crippen molar-refractivity contribution in [3.63, 3.8) is 0 Å². The van der Waals surface area contributed by atoms with Crippen LogP contribution in [0.5, 0.6) is 0 Å². The number of para-hydroxylation sites is 1. The lowest BCUT2D eigenvalue weighted by molar-refractivity contribution is -0.144. The third kappa shape index (κ3) is 5.60. The molecule has 3 rings (SSSR count). The fourth-order valence-electron chi connectivity index (χ4n) is 3.03. The van der Waals surface area contributed by atoms with Crippen LogP contribution in [0, 0.1) is 0 Å². The summed E-state index contributed by atoms with van der Waals surface area (Å²) in [4.78, 5) is 39.3. The highest BCUT2D eigenvalue weighted by Crippen LogP contribution is 2.19. The highest BCUT2D eigenvalue weighted by Gasteiger charge is 2.23. The van der Waals surface area contributed by atoms with Crippen molar-refractivity contribution in [2.24, 2.45) is 0 Å². The molecule has 0 radical (unpaired) electrons. The van der Waals surface area contributed by atoms with Crippen molar-refractivity contribution in [1.29, 1.82) is 0 Å². The minimum Gasteiger partial charge on any atom is -0.467 e. The molecule has 8 heteroatoms. The fourth-order valence-corrected chi connectivity index (χ4v) is 3.03. The summed E-state index contributed by atoms with van der Waals surface area (Å²) >= 11 is 0. The fraction of sp³-hybridized carbons (Fsp3) is 0.227. The van der Waals surface area contributed by atoms with E-state index in [0.717, 1.165) is 22.0 Å². The Kier molecular flexibility index (Phi) is 7.05. The zero-order chi connectivity index (χ0) is 21.3. The molecule has 0 saturated carbocycles. The Morgan fingerprint density at radius 2 is 1.77 bits per heavy atom. The molecule has 0 aliphatic heterocycles. The predicted octanol–water partition coefficient (Wildman–Crippen LogP) is 2.29. The number of aromatic amines is 1. The summed E-state index contributed by atoms with van der Waals surface area (Å²) in [5, 5.41) is 5.94. The lowest BCUT2D eigenvalue weighted by Crippen LogP contribution is -2.47. The molecule has 0 spiro atoms. The molecule has 8 nitrogen and oxygen atoms in total. The molecule has 30 heavy (non-hydrogen) atoms. The van der Waals surface area contributed by atoms with Gasteiger partial charge < -0.3 is 25.1 Å². The zero-order valence-corrected chi connectivity index (χ0v) is 16.5. The third-order valence-electron chi connectivity index (χ3n) is 4.53. The Morgan fingerprint density at radius 3 is 2.53 bits per heavy atom. The Bertz CT molecular complexity index is 1020. The summed E-state index contributed by atoms with van der Waals surface area (Å²) in [7, 11) is 1.26. The number of rotatable bonds is 8. The number of nitrogens with one attached hydrogen (secondary N) is 3. The van der Waals surface area contributed by atoms with E-state index in [2.05, 4.69) is 15.6 Å². The van der Waals surface area contributed by atoms with E-state index in [1.54, 1.807) is 6.20 Å². The maximum absolute atomic E-state index is 12.2. The number of benzene rings is 2. The second-order valence-corrected chi connectivity index (χ2v) is 6.62. The molecule has 2 amide bonds. The predicted molar refractivity (Wildman–Crippen MR) is 111 cm³/mol. The van der Waals surface area contributed by atoms with Gasteiger partial charge in [0.05, 0.1) is 7.11 Å². The van der Waals surface area contributed by atoms with Gasteiger partial charge in [0.1, 0.15) is 19.2 Å². The van der Waals surface area contributed by atoms with E-state index in [1.807, 2.05) is 54.6 Å². The van der Waals surface area contributed by atoms with Gasteiger partial charge in [-0.3, -0.25) is 4.79 Å². The molecule has 1 atom stereocenters. The molecule has 156 valence electrons. The molecular weight excluding hydrogens is 386 g/mol. The second kappa shape index (κ2) is 10.1. The number of H-pyrrole nitrogens is 1. The molecule has 0 fully saturated rings. The van der Waals surface area contributed by atoms with Crippen LogP contribution in [0.25, 0.3) is 10.9 Å². The van der Waals surface area contributed by atoms with Crippen LogP contribution in [0.1, 0.15) is 11.1 Å². The monoisotopic (exact) mass is 409 g/mol. The number of esters is 1. The number of aromatic nitrogens is 1. The van der Waals surface area contributed by atoms with Gasteiger partial charge in [-0.2, -0.15) is 0 Å². The van der Waals surface area contributed by atoms with Gasteiger partial charge >= 0.3 is 12.1 Å². The molecule has 3 N–H and O–H groups in total. The quantitative estimate of drug-likeness (QED) is 0.495. The highest BCUT2D eigenvalue weighted by atomic mass is 16.5. The van der Waals surface area contributed by atoms with Crippen molar-refractivity contribution in [3.8, 4) is 0 Å². The number of hydrogen-bond donors (Lipinski definition) is 3. The van der Waals surface area contributed by atoms with Crippen LogP contribution >= 0.6 is 0 Å². The molecule has 3 aromatic rings. The summed E-state index contributed by atoms with van der Waals surface area (Å²) in [5.74, 6) is -1.10. The van der Waals surface area contributed by atoms with E-state index in [4.69, 9.17) is 9.47 Å². The van der Waals surface area contributed by atoms with Crippen molar-refractivity contribution in [1.82, 2.24) is 15.6 Å². The van der Waals surface area contributed by atoms with E-state index in [9.17, 15) is 14.4 Å². The number of alkyl carbamates (subject to hydrolysis) is 1. The van der Waals surface area contributed by atoms with Gasteiger partial charge in [-0.25, -0.2) is 9.59 Å². The first-order valence-corrected chi connectivity index (χ1v) is 9.43. The number of carbonyl (C=O) groups is 3. The van der Waals surface area contributed by atoms with Crippen molar-refractivity contribution >= 4 is 28.9 Å². The third-order valence-corrected chi connectivity index (χ3v) is 4.53. The van der Waals surface area contributed by atoms with E-state index >= 15 is 0 Å². The number of amides is 2. The maximum atomic E-state index is 12.2. The molecule has 2 aromatic carbocycles. The van der Waals surface area contributed by atoms with Crippen LogP contribution in [0.15, 0.2) is 60.8 Å². The van der Waals surface area contributed by atoms with Crippen LogP contribution in [0.4, 0.5) is 4.79 Å². The summed E-state index contributed by atoms with van der Waals surface area (Å²) < 4.78 is 9.87. The Labute approximate surface area is 173 Å². The first kappa shape index (κ1) is 20.9. The first-order chi connectivity index (χ1) is 14.6. The molecule has 0 saturated heterocycles. The SMILES string of the molecule is COC(=O)[C@H](Cc1c[nH]c2ccccc12)NC(=O)CNC(=O)OCc1ccccc1. The van der Waals surface area contributed by atoms with Gasteiger partial charge in [0.25, 0.3) is 0 Å².